The number of nitrogens with zero attached hydrogens (tertiary/aromatic N) is 1. The Morgan fingerprint density at radius 2 is 2.14 bits per heavy atom. The molecule has 0 spiro atoms. The smallest absolute Gasteiger partial charge is 0.210 e. The van der Waals surface area contributed by atoms with E-state index in [1.807, 2.05) is 6.92 Å². The molecule has 76 valence electrons. The largest absolute Gasteiger partial charge is 0.508 e. The van der Waals surface area contributed by atoms with Gasteiger partial charge in [-0.05, 0) is 12.5 Å². The Morgan fingerprint density at radius 1 is 1.50 bits per heavy atom. The van der Waals surface area contributed by atoms with Crippen molar-refractivity contribution in [1.82, 2.24) is 0 Å². The van der Waals surface area contributed by atoms with E-state index in [0.29, 0.717) is 12.0 Å². The Labute approximate surface area is 82.3 Å². The van der Waals surface area contributed by atoms with E-state index in [-0.39, 0.29) is 23.1 Å². The number of hydrogen-bond donors (Lipinski definition) is 1. The van der Waals surface area contributed by atoms with Gasteiger partial charge in [-0.25, -0.2) is 0 Å². The van der Waals surface area contributed by atoms with Crippen LogP contribution >= 0.6 is 0 Å². The topological polar surface area (TPSA) is 63.4 Å². The molecule has 4 heteroatoms. The summed E-state index contributed by atoms with van der Waals surface area (Å²) >= 11 is 0. The van der Waals surface area contributed by atoms with Gasteiger partial charge in [0.25, 0.3) is 0 Å². The maximum atomic E-state index is 10.4. The maximum Gasteiger partial charge on any atom is 0.210 e. The molecule has 14 heavy (non-hydrogen) atoms. The van der Waals surface area contributed by atoms with Crippen molar-refractivity contribution >= 4 is 0 Å². The molecule has 0 aliphatic rings. The number of nitro groups is 1. The summed E-state index contributed by atoms with van der Waals surface area (Å²) in [6, 6.07) is 6.76. The quantitative estimate of drug-likeness (QED) is 0.591. The minimum Gasteiger partial charge on any atom is -0.508 e. The summed E-state index contributed by atoms with van der Waals surface area (Å²) in [7, 11) is 0. The molecule has 1 unspecified atom stereocenters. The van der Waals surface area contributed by atoms with Crippen molar-refractivity contribution in [1.29, 1.82) is 0 Å². The summed E-state index contributed by atoms with van der Waals surface area (Å²) in [6.07, 6.45) is 0.651. The highest BCUT2D eigenvalue weighted by Crippen LogP contribution is 2.27. The van der Waals surface area contributed by atoms with Gasteiger partial charge >= 0.3 is 0 Å². The van der Waals surface area contributed by atoms with Crippen molar-refractivity contribution in [3.05, 3.63) is 39.9 Å². The van der Waals surface area contributed by atoms with E-state index in [2.05, 4.69) is 0 Å². The fourth-order valence-corrected chi connectivity index (χ4v) is 1.46. The molecule has 1 rings (SSSR count). The zero-order valence-corrected chi connectivity index (χ0v) is 8.01. The van der Waals surface area contributed by atoms with Crippen LogP contribution < -0.4 is 0 Å². The predicted octanol–water partition coefficient (Wildman–Crippen LogP) is 2.16. The standard InChI is InChI=1S/C10H13NO3/c1-2-8(7-11(13)14)9-5-3-4-6-10(9)12/h3-6,8,12H,2,7H2,1H3. The lowest BCUT2D eigenvalue weighted by Crippen LogP contribution is -2.11. The summed E-state index contributed by atoms with van der Waals surface area (Å²) < 4.78 is 0. The zero-order valence-electron chi connectivity index (χ0n) is 8.01. The highest BCUT2D eigenvalue weighted by atomic mass is 16.6. The van der Waals surface area contributed by atoms with Crippen molar-refractivity contribution < 1.29 is 10.0 Å². The molecule has 0 saturated heterocycles. The van der Waals surface area contributed by atoms with Gasteiger partial charge in [0.2, 0.25) is 6.54 Å². The molecule has 0 aliphatic heterocycles. The number of para-hydroxylation sites is 1. The number of aromatic hydroxyl groups is 1. The molecule has 0 heterocycles. The summed E-state index contributed by atoms with van der Waals surface area (Å²) in [5.41, 5.74) is 0.659. The lowest BCUT2D eigenvalue weighted by molar-refractivity contribution is -0.483. The van der Waals surface area contributed by atoms with E-state index in [4.69, 9.17) is 0 Å². The number of benzene rings is 1. The summed E-state index contributed by atoms with van der Waals surface area (Å²) in [5, 5.41) is 19.9. The summed E-state index contributed by atoms with van der Waals surface area (Å²) in [5.74, 6) is -0.0626. The molecule has 0 radical (unpaired) electrons. The average Bonchev–Trinajstić information content (AvgIpc) is 2.15. The van der Waals surface area contributed by atoms with Gasteiger partial charge in [0.05, 0.1) is 5.92 Å². The number of phenolic OH excluding ortho intramolecular Hbond substituents is 1. The summed E-state index contributed by atoms with van der Waals surface area (Å²) in [4.78, 5) is 10.0. The van der Waals surface area contributed by atoms with Crippen LogP contribution in [0, 0.1) is 10.1 Å². The first kappa shape index (κ1) is 10.5. The molecule has 0 amide bonds. The van der Waals surface area contributed by atoms with Crippen LogP contribution in [0.2, 0.25) is 0 Å². The van der Waals surface area contributed by atoms with Crippen LogP contribution in [-0.4, -0.2) is 16.6 Å². The van der Waals surface area contributed by atoms with E-state index in [1.54, 1.807) is 24.3 Å². The van der Waals surface area contributed by atoms with Crippen molar-refractivity contribution in [2.75, 3.05) is 6.54 Å². The SMILES string of the molecule is CCC(C[N+](=O)[O-])c1ccccc1O. The average molecular weight is 195 g/mol. The first-order valence-electron chi connectivity index (χ1n) is 4.54. The lowest BCUT2D eigenvalue weighted by Gasteiger charge is -2.11. The Bertz CT molecular complexity index is 325. The van der Waals surface area contributed by atoms with Gasteiger partial charge in [-0.2, -0.15) is 0 Å². The van der Waals surface area contributed by atoms with E-state index in [0.717, 1.165) is 0 Å². The maximum absolute atomic E-state index is 10.4. The third kappa shape index (κ3) is 2.45. The zero-order chi connectivity index (χ0) is 10.6. The van der Waals surface area contributed by atoms with Crippen LogP contribution in [0.15, 0.2) is 24.3 Å². The predicted molar refractivity (Wildman–Crippen MR) is 53.0 cm³/mol. The molecular weight excluding hydrogens is 182 g/mol. The molecular formula is C10H13NO3. The van der Waals surface area contributed by atoms with E-state index in [9.17, 15) is 15.2 Å². The van der Waals surface area contributed by atoms with Crippen LogP contribution in [0.25, 0.3) is 0 Å². The second kappa shape index (κ2) is 4.60. The first-order valence-corrected chi connectivity index (χ1v) is 4.54. The third-order valence-corrected chi connectivity index (χ3v) is 2.24. The minimum atomic E-state index is -0.347. The molecule has 0 saturated carbocycles. The first-order chi connectivity index (χ1) is 6.65. The molecule has 0 aromatic heterocycles. The van der Waals surface area contributed by atoms with Crippen LogP contribution in [0.5, 0.6) is 5.75 Å². The van der Waals surface area contributed by atoms with Crippen molar-refractivity contribution in [3.63, 3.8) is 0 Å². The number of hydrogen-bond acceptors (Lipinski definition) is 3. The molecule has 1 atom stereocenters. The van der Waals surface area contributed by atoms with Crippen LogP contribution in [-0.2, 0) is 0 Å². The fourth-order valence-electron chi connectivity index (χ4n) is 1.46. The molecule has 0 bridgehead atoms. The highest BCUT2D eigenvalue weighted by Gasteiger charge is 2.18. The Morgan fingerprint density at radius 3 is 2.64 bits per heavy atom. The van der Waals surface area contributed by atoms with Gasteiger partial charge in [0.15, 0.2) is 0 Å². The second-order valence-corrected chi connectivity index (χ2v) is 3.18. The third-order valence-electron chi connectivity index (χ3n) is 2.24. The molecule has 4 nitrogen and oxygen atoms in total. The van der Waals surface area contributed by atoms with Gasteiger partial charge in [-0.15, -0.1) is 0 Å². The molecule has 0 aliphatic carbocycles. The van der Waals surface area contributed by atoms with Crippen molar-refractivity contribution in [2.24, 2.45) is 0 Å². The van der Waals surface area contributed by atoms with E-state index >= 15 is 0 Å². The van der Waals surface area contributed by atoms with Gasteiger partial charge < -0.3 is 5.11 Å². The number of rotatable bonds is 4. The molecule has 1 N–H and O–H groups in total. The van der Waals surface area contributed by atoms with E-state index in [1.165, 1.54) is 0 Å². The second-order valence-electron chi connectivity index (χ2n) is 3.18. The van der Waals surface area contributed by atoms with Crippen LogP contribution in [0.3, 0.4) is 0 Å². The van der Waals surface area contributed by atoms with Gasteiger partial charge in [0, 0.05) is 10.5 Å². The van der Waals surface area contributed by atoms with Gasteiger partial charge in [0.1, 0.15) is 5.75 Å². The van der Waals surface area contributed by atoms with Crippen molar-refractivity contribution in [3.8, 4) is 5.75 Å². The lowest BCUT2D eigenvalue weighted by atomic mass is 9.96. The molecule has 1 aromatic carbocycles. The molecule has 1 aromatic rings. The Hall–Kier alpha value is -1.58. The van der Waals surface area contributed by atoms with Gasteiger partial charge in [-0.1, -0.05) is 25.1 Å². The highest BCUT2D eigenvalue weighted by molar-refractivity contribution is 5.34. The van der Waals surface area contributed by atoms with Crippen LogP contribution in [0.1, 0.15) is 24.8 Å². The van der Waals surface area contributed by atoms with Gasteiger partial charge in [-0.3, -0.25) is 10.1 Å². The Kier molecular flexibility index (Phi) is 3.45. The summed E-state index contributed by atoms with van der Waals surface area (Å²) in [6.45, 7) is 1.74. The molecule has 0 fully saturated rings. The minimum absolute atomic E-state index is 0.131. The fraction of sp³-hybridized carbons (Fsp3) is 0.400. The van der Waals surface area contributed by atoms with E-state index < -0.39 is 0 Å². The van der Waals surface area contributed by atoms with Crippen molar-refractivity contribution in [2.45, 2.75) is 19.3 Å². The van der Waals surface area contributed by atoms with Crippen LogP contribution in [0.4, 0.5) is 0 Å². The normalized spacial score (nSPS) is 12.4. The monoisotopic (exact) mass is 195 g/mol. The Balaban J connectivity index is 2.89. The number of phenols is 1.